The first-order valence-corrected chi connectivity index (χ1v) is 10.7. The summed E-state index contributed by atoms with van der Waals surface area (Å²) in [6.07, 6.45) is 8.70. The number of amides is 1. The molecule has 152 valence electrons. The standard InChI is InChI=1S/C21H29ClN4O2/c22-19-3-2-16(14-20(19)26-11-1-8-24-15-26)21(27)25-12-6-18(7-13-25)28-17-4-9-23-10-5-17/h1-3,11,14,17-18,23-24H,4-10,12-13,15H2. The van der Waals surface area contributed by atoms with Gasteiger partial charge in [0.05, 0.1) is 29.6 Å². The van der Waals surface area contributed by atoms with Gasteiger partial charge < -0.3 is 19.9 Å². The second kappa shape index (κ2) is 9.27. The number of hydrogen-bond acceptors (Lipinski definition) is 5. The van der Waals surface area contributed by atoms with Crippen LogP contribution in [0.1, 0.15) is 36.0 Å². The lowest BCUT2D eigenvalue weighted by Gasteiger charge is -2.35. The predicted molar refractivity (Wildman–Crippen MR) is 112 cm³/mol. The van der Waals surface area contributed by atoms with Crippen LogP contribution >= 0.6 is 11.6 Å². The summed E-state index contributed by atoms with van der Waals surface area (Å²) in [5, 5.41) is 7.30. The van der Waals surface area contributed by atoms with Crippen molar-refractivity contribution in [3.05, 3.63) is 41.1 Å². The van der Waals surface area contributed by atoms with Crippen LogP contribution in [0.25, 0.3) is 0 Å². The van der Waals surface area contributed by atoms with E-state index in [2.05, 4.69) is 10.6 Å². The van der Waals surface area contributed by atoms with Gasteiger partial charge in [0.15, 0.2) is 0 Å². The number of anilines is 1. The Kier molecular flexibility index (Phi) is 6.52. The normalized spacial score (nSPS) is 21.9. The molecule has 3 aliphatic rings. The van der Waals surface area contributed by atoms with Crippen molar-refractivity contribution in [3.63, 3.8) is 0 Å². The molecule has 1 amide bonds. The molecule has 0 spiro atoms. The Morgan fingerprint density at radius 3 is 2.54 bits per heavy atom. The SMILES string of the molecule is O=C(c1ccc(Cl)c(N2C=CCNC2)c1)N1CCC(OC2CCNCC2)CC1. The minimum atomic E-state index is 0.0761. The van der Waals surface area contributed by atoms with E-state index >= 15 is 0 Å². The number of nitrogens with one attached hydrogen (secondary N) is 2. The monoisotopic (exact) mass is 404 g/mol. The van der Waals surface area contributed by atoms with E-state index in [1.807, 2.05) is 40.3 Å². The summed E-state index contributed by atoms with van der Waals surface area (Å²) in [5.41, 5.74) is 1.55. The second-order valence-electron chi connectivity index (χ2n) is 7.71. The zero-order chi connectivity index (χ0) is 19.3. The fourth-order valence-electron chi connectivity index (χ4n) is 4.11. The Labute approximate surface area is 171 Å². The first kappa shape index (κ1) is 19.7. The summed E-state index contributed by atoms with van der Waals surface area (Å²) >= 11 is 6.38. The maximum absolute atomic E-state index is 13.0. The summed E-state index contributed by atoms with van der Waals surface area (Å²) in [5.74, 6) is 0.0761. The zero-order valence-corrected chi connectivity index (χ0v) is 17.0. The van der Waals surface area contributed by atoms with E-state index in [4.69, 9.17) is 16.3 Å². The number of carbonyl (C=O) groups excluding carboxylic acids is 1. The third-order valence-corrected chi connectivity index (χ3v) is 6.05. The molecule has 7 heteroatoms. The summed E-state index contributed by atoms with van der Waals surface area (Å²) in [4.78, 5) is 17.0. The minimum Gasteiger partial charge on any atom is -0.375 e. The van der Waals surface area contributed by atoms with Crippen molar-refractivity contribution in [2.45, 2.75) is 37.9 Å². The van der Waals surface area contributed by atoms with Crippen molar-refractivity contribution in [2.24, 2.45) is 0 Å². The number of benzene rings is 1. The van der Waals surface area contributed by atoms with E-state index in [1.165, 1.54) is 0 Å². The molecule has 0 bridgehead atoms. The van der Waals surface area contributed by atoms with Crippen LogP contribution < -0.4 is 15.5 Å². The van der Waals surface area contributed by atoms with Crippen molar-refractivity contribution in [1.82, 2.24) is 15.5 Å². The Morgan fingerprint density at radius 2 is 1.82 bits per heavy atom. The van der Waals surface area contributed by atoms with Crippen LogP contribution in [0.5, 0.6) is 0 Å². The first-order valence-electron chi connectivity index (χ1n) is 10.3. The number of hydrogen-bond donors (Lipinski definition) is 2. The van der Waals surface area contributed by atoms with Gasteiger partial charge in [-0.3, -0.25) is 10.1 Å². The van der Waals surface area contributed by atoms with Gasteiger partial charge in [-0.25, -0.2) is 0 Å². The quantitative estimate of drug-likeness (QED) is 0.807. The molecule has 0 atom stereocenters. The van der Waals surface area contributed by atoms with E-state index in [-0.39, 0.29) is 12.0 Å². The number of ether oxygens (including phenoxy) is 1. The van der Waals surface area contributed by atoms with Crippen LogP contribution in [0.4, 0.5) is 5.69 Å². The summed E-state index contributed by atoms with van der Waals surface area (Å²) in [7, 11) is 0. The number of piperidine rings is 2. The van der Waals surface area contributed by atoms with Gasteiger partial charge in [0.2, 0.25) is 0 Å². The van der Waals surface area contributed by atoms with E-state index < -0.39 is 0 Å². The highest BCUT2D eigenvalue weighted by molar-refractivity contribution is 6.33. The van der Waals surface area contributed by atoms with E-state index in [1.54, 1.807) is 0 Å². The van der Waals surface area contributed by atoms with Crippen LogP contribution in [-0.4, -0.2) is 62.4 Å². The Bertz CT molecular complexity index is 712. The third-order valence-electron chi connectivity index (χ3n) is 5.73. The lowest BCUT2D eigenvalue weighted by molar-refractivity contribution is -0.0499. The van der Waals surface area contributed by atoms with Crippen LogP contribution in [0.2, 0.25) is 5.02 Å². The topological polar surface area (TPSA) is 56.8 Å². The smallest absolute Gasteiger partial charge is 0.253 e. The highest BCUT2D eigenvalue weighted by atomic mass is 35.5. The fourth-order valence-corrected chi connectivity index (χ4v) is 4.34. The second-order valence-corrected chi connectivity index (χ2v) is 8.12. The number of halogens is 1. The maximum atomic E-state index is 13.0. The highest BCUT2D eigenvalue weighted by Crippen LogP contribution is 2.29. The number of carbonyl (C=O) groups is 1. The molecule has 2 saturated heterocycles. The average molecular weight is 405 g/mol. The fraction of sp³-hybridized carbons (Fsp3) is 0.571. The summed E-state index contributed by atoms with van der Waals surface area (Å²) in [6, 6.07) is 5.55. The van der Waals surface area contributed by atoms with Crippen molar-refractivity contribution < 1.29 is 9.53 Å². The molecule has 3 aliphatic heterocycles. The van der Waals surface area contributed by atoms with Crippen LogP contribution in [-0.2, 0) is 4.74 Å². The van der Waals surface area contributed by atoms with Crippen molar-refractivity contribution in [2.75, 3.05) is 44.3 Å². The Morgan fingerprint density at radius 1 is 1.07 bits per heavy atom. The molecule has 0 saturated carbocycles. The lowest BCUT2D eigenvalue weighted by atomic mass is 10.0. The maximum Gasteiger partial charge on any atom is 0.253 e. The Balaban J connectivity index is 1.36. The molecule has 3 heterocycles. The van der Waals surface area contributed by atoms with Crippen LogP contribution in [0, 0.1) is 0 Å². The van der Waals surface area contributed by atoms with Crippen molar-refractivity contribution >= 4 is 23.2 Å². The highest BCUT2D eigenvalue weighted by Gasteiger charge is 2.27. The van der Waals surface area contributed by atoms with Gasteiger partial charge in [-0.05, 0) is 57.0 Å². The first-order chi connectivity index (χ1) is 13.7. The molecular weight excluding hydrogens is 376 g/mol. The van der Waals surface area contributed by atoms with Crippen LogP contribution in [0.15, 0.2) is 30.5 Å². The number of nitrogens with zero attached hydrogens (tertiary/aromatic N) is 2. The molecule has 28 heavy (non-hydrogen) atoms. The largest absolute Gasteiger partial charge is 0.375 e. The molecule has 0 aromatic heterocycles. The molecule has 2 N–H and O–H groups in total. The number of likely N-dealkylation sites (tertiary alicyclic amines) is 1. The minimum absolute atomic E-state index is 0.0761. The van der Waals surface area contributed by atoms with Crippen molar-refractivity contribution in [1.29, 1.82) is 0 Å². The average Bonchev–Trinajstić information content (AvgIpc) is 2.75. The number of rotatable bonds is 4. The van der Waals surface area contributed by atoms with Gasteiger partial charge in [0.1, 0.15) is 0 Å². The molecule has 0 aliphatic carbocycles. The van der Waals surface area contributed by atoms with Gasteiger partial charge in [-0.15, -0.1) is 0 Å². The molecule has 1 aromatic rings. The molecular formula is C21H29ClN4O2. The van der Waals surface area contributed by atoms with Crippen molar-refractivity contribution in [3.8, 4) is 0 Å². The van der Waals surface area contributed by atoms with E-state index in [9.17, 15) is 4.79 Å². The zero-order valence-electron chi connectivity index (χ0n) is 16.2. The van der Waals surface area contributed by atoms with Gasteiger partial charge >= 0.3 is 0 Å². The molecule has 0 unspecified atom stereocenters. The lowest BCUT2D eigenvalue weighted by Crippen LogP contribution is -2.43. The molecule has 6 nitrogen and oxygen atoms in total. The molecule has 2 fully saturated rings. The molecule has 1 aromatic carbocycles. The summed E-state index contributed by atoms with van der Waals surface area (Å²) < 4.78 is 6.26. The Hall–Kier alpha value is -1.60. The van der Waals surface area contributed by atoms with Gasteiger partial charge in [-0.2, -0.15) is 0 Å². The summed E-state index contributed by atoms with van der Waals surface area (Å²) in [6.45, 7) is 5.12. The van der Waals surface area contributed by atoms with Crippen LogP contribution in [0.3, 0.4) is 0 Å². The predicted octanol–water partition coefficient (Wildman–Crippen LogP) is 2.59. The van der Waals surface area contributed by atoms with E-state index in [0.717, 1.165) is 64.1 Å². The van der Waals surface area contributed by atoms with Gasteiger partial charge in [0, 0.05) is 31.4 Å². The molecule has 0 radical (unpaired) electrons. The van der Waals surface area contributed by atoms with E-state index in [0.29, 0.717) is 23.4 Å². The van der Waals surface area contributed by atoms with Gasteiger partial charge in [-0.1, -0.05) is 17.7 Å². The molecule has 4 rings (SSSR count). The third kappa shape index (κ3) is 4.69. The van der Waals surface area contributed by atoms with Gasteiger partial charge in [0.25, 0.3) is 5.91 Å².